The Balaban J connectivity index is 3.33. The van der Waals surface area contributed by atoms with Crippen LogP contribution in [-0.2, 0) is 6.18 Å². The zero-order valence-corrected chi connectivity index (χ0v) is 9.14. The fourth-order valence-electron chi connectivity index (χ4n) is 1.26. The van der Waals surface area contributed by atoms with Gasteiger partial charge in [-0.1, -0.05) is 0 Å². The van der Waals surface area contributed by atoms with E-state index in [0.717, 1.165) is 0 Å². The maximum Gasteiger partial charge on any atom is 0.417 e. The number of rotatable bonds is 3. The van der Waals surface area contributed by atoms with Gasteiger partial charge >= 0.3 is 6.18 Å². The van der Waals surface area contributed by atoms with Gasteiger partial charge < -0.3 is 4.74 Å². The van der Waals surface area contributed by atoms with Gasteiger partial charge in [-0.3, -0.25) is 4.79 Å². The highest BCUT2D eigenvalue weighted by Crippen LogP contribution is 2.35. The van der Waals surface area contributed by atoms with E-state index >= 15 is 0 Å². The van der Waals surface area contributed by atoms with Crippen LogP contribution in [-0.4, -0.2) is 12.4 Å². The largest absolute Gasteiger partial charge is 0.488 e. The van der Waals surface area contributed by atoms with Crippen molar-refractivity contribution < 1.29 is 27.1 Å². The Morgan fingerprint density at radius 1 is 1.29 bits per heavy atom. The minimum atomic E-state index is -4.72. The van der Waals surface area contributed by atoms with Gasteiger partial charge in [0.2, 0.25) is 0 Å². The number of aldehydes is 1. The molecule has 0 aliphatic rings. The molecule has 0 radical (unpaired) electrons. The summed E-state index contributed by atoms with van der Waals surface area (Å²) in [6, 6.07) is 1.02. The molecular formula is C11H10F4O2. The van der Waals surface area contributed by atoms with Crippen molar-refractivity contribution in [2.75, 3.05) is 0 Å². The number of benzene rings is 1. The Hall–Kier alpha value is -1.59. The van der Waals surface area contributed by atoms with Gasteiger partial charge in [0.1, 0.15) is 0 Å². The third kappa shape index (κ3) is 3.18. The molecule has 0 aliphatic heterocycles. The average molecular weight is 250 g/mol. The zero-order valence-electron chi connectivity index (χ0n) is 9.14. The molecular weight excluding hydrogens is 240 g/mol. The van der Waals surface area contributed by atoms with Crippen molar-refractivity contribution in [1.82, 2.24) is 0 Å². The maximum atomic E-state index is 13.3. The van der Waals surface area contributed by atoms with E-state index in [2.05, 4.69) is 0 Å². The van der Waals surface area contributed by atoms with Crippen LogP contribution in [0.15, 0.2) is 12.1 Å². The van der Waals surface area contributed by atoms with Gasteiger partial charge in [0.25, 0.3) is 0 Å². The molecule has 1 rings (SSSR count). The Morgan fingerprint density at radius 2 is 1.88 bits per heavy atom. The van der Waals surface area contributed by atoms with E-state index in [-0.39, 0.29) is 6.29 Å². The van der Waals surface area contributed by atoms with Crippen LogP contribution in [0, 0.1) is 5.82 Å². The standard InChI is InChI=1S/C11H10F4O2/c1-6(2)17-10-4-8(11(13,14)15)7(5-16)3-9(10)12/h3-6H,1-2H3. The molecule has 0 bridgehead atoms. The molecule has 0 unspecified atom stereocenters. The molecule has 17 heavy (non-hydrogen) atoms. The number of alkyl halides is 3. The quantitative estimate of drug-likeness (QED) is 0.606. The molecule has 0 heterocycles. The molecule has 1 aromatic carbocycles. The second-order valence-corrected chi connectivity index (χ2v) is 3.65. The molecule has 0 fully saturated rings. The molecule has 0 saturated carbocycles. The Labute approximate surface area is 95.2 Å². The summed E-state index contributed by atoms with van der Waals surface area (Å²) in [5.41, 5.74) is -1.95. The summed E-state index contributed by atoms with van der Waals surface area (Å²) in [4.78, 5) is 10.5. The van der Waals surface area contributed by atoms with Crippen LogP contribution in [0.5, 0.6) is 5.75 Å². The molecule has 6 heteroatoms. The van der Waals surface area contributed by atoms with E-state index in [4.69, 9.17) is 4.74 Å². The third-order valence-electron chi connectivity index (χ3n) is 1.90. The highest BCUT2D eigenvalue weighted by atomic mass is 19.4. The van der Waals surface area contributed by atoms with Crippen LogP contribution in [0.25, 0.3) is 0 Å². The van der Waals surface area contributed by atoms with E-state index in [9.17, 15) is 22.4 Å². The van der Waals surface area contributed by atoms with Crippen molar-refractivity contribution in [1.29, 1.82) is 0 Å². The molecule has 0 atom stereocenters. The van der Waals surface area contributed by atoms with Crippen molar-refractivity contribution >= 4 is 6.29 Å². The number of ether oxygens (including phenoxy) is 1. The van der Waals surface area contributed by atoms with Gasteiger partial charge in [0, 0.05) is 5.56 Å². The van der Waals surface area contributed by atoms with Crippen molar-refractivity contribution in [3.63, 3.8) is 0 Å². The predicted octanol–water partition coefficient (Wildman–Crippen LogP) is 3.44. The van der Waals surface area contributed by atoms with E-state index in [1.807, 2.05) is 0 Å². The molecule has 0 saturated heterocycles. The summed E-state index contributed by atoms with van der Waals surface area (Å²) in [5.74, 6) is -1.51. The highest BCUT2D eigenvalue weighted by Gasteiger charge is 2.34. The van der Waals surface area contributed by atoms with Gasteiger partial charge in [0.05, 0.1) is 11.7 Å². The number of hydrogen-bond acceptors (Lipinski definition) is 2. The van der Waals surface area contributed by atoms with Crippen molar-refractivity contribution in [3.8, 4) is 5.75 Å². The lowest BCUT2D eigenvalue weighted by Gasteiger charge is -2.15. The van der Waals surface area contributed by atoms with Crippen LogP contribution < -0.4 is 4.74 Å². The van der Waals surface area contributed by atoms with E-state index in [1.165, 1.54) is 0 Å². The lowest BCUT2D eigenvalue weighted by Crippen LogP contribution is -2.13. The van der Waals surface area contributed by atoms with Gasteiger partial charge in [-0.25, -0.2) is 4.39 Å². The van der Waals surface area contributed by atoms with Crippen LogP contribution >= 0.6 is 0 Å². The maximum absolute atomic E-state index is 13.3. The van der Waals surface area contributed by atoms with Crippen molar-refractivity contribution in [2.45, 2.75) is 26.1 Å². The second-order valence-electron chi connectivity index (χ2n) is 3.65. The molecule has 0 aliphatic carbocycles. The molecule has 0 amide bonds. The number of carbonyl (C=O) groups is 1. The first kappa shape index (κ1) is 13.5. The summed E-state index contributed by atoms with van der Waals surface area (Å²) in [5, 5.41) is 0. The van der Waals surface area contributed by atoms with Gasteiger partial charge in [-0.05, 0) is 26.0 Å². The Bertz CT molecular complexity index is 424. The van der Waals surface area contributed by atoms with Gasteiger partial charge in [-0.15, -0.1) is 0 Å². The second kappa shape index (κ2) is 4.73. The van der Waals surface area contributed by atoms with Crippen LogP contribution in [0.1, 0.15) is 29.8 Å². The smallest absolute Gasteiger partial charge is 0.417 e. The van der Waals surface area contributed by atoms with Gasteiger partial charge in [0.15, 0.2) is 17.9 Å². The lowest BCUT2D eigenvalue weighted by molar-refractivity contribution is -0.138. The predicted molar refractivity (Wildman–Crippen MR) is 52.6 cm³/mol. The lowest BCUT2D eigenvalue weighted by atomic mass is 10.1. The third-order valence-corrected chi connectivity index (χ3v) is 1.90. The first-order chi connectivity index (χ1) is 7.75. The average Bonchev–Trinajstić information content (AvgIpc) is 2.18. The summed E-state index contributed by atoms with van der Waals surface area (Å²) in [6.45, 7) is 3.11. The molecule has 0 N–H and O–H groups in total. The summed E-state index contributed by atoms with van der Waals surface area (Å²) in [7, 11) is 0. The minimum Gasteiger partial charge on any atom is -0.488 e. The number of halogens is 4. The minimum absolute atomic E-state index is 0.0366. The van der Waals surface area contributed by atoms with Crippen LogP contribution in [0.4, 0.5) is 17.6 Å². The normalized spacial score (nSPS) is 11.7. The first-order valence-electron chi connectivity index (χ1n) is 4.78. The van der Waals surface area contributed by atoms with Crippen LogP contribution in [0.3, 0.4) is 0 Å². The summed E-state index contributed by atoms with van der Waals surface area (Å²) < 4.78 is 55.8. The Morgan fingerprint density at radius 3 is 2.29 bits per heavy atom. The van der Waals surface area contributed by atoms with E-state index in [0.29, 0.717) is 12.1 Å². The summed E-state index contributed by atoms with van der Waals surface area (Å²) in [6.07, 6.45) is -5.22. The topological polar surface area (TPSA) is 26.3 Å². The Kier molecular flexibility index (Phi) is 3.75. The van der Waals surface area contributed by atoms with Crippen molar-refractivity contribution in [2.24, 2.45) is 0 Å². The van der Waals surface area contributed by atoms with E-state index < -0.39 is 35.0 Å². The number of hydrogen-bond donors (Lipinski definition) is 0. The molecule has 0 spiro atoms. The van der Waals surface area contributed by atoms with Crippen LogP contribution in [0.2, 0.25) is 0 Å². The zero-order chi connectivity index (χ0) is 13.2. The van der Waals surface area contributed by atoms with Gasteiger partial charge in [-0.2, -0.15) is 13.2 Å². The molecule has 94 valence electrons. The molecule has 2 nitrogen and oxygen atoms in total. The van der Waals surface area contributed by atoms with E-state index in [1.54, 1.807) is 13.8 Å². The summed E-state index contributed by atoms with van der Waals surface area (Å²) >= 11 is 0. The molecule has 1 aromatic rings. The number of carbonyl (C=O) groups excluding carboxylic acids is 1. The SMILES string of the molecule is CC(C)Oc1cc(C(F)(F)F)c(C=O)cc1F. The fraction of sp³-hybridized carbons (Fsp3) is 0.364. The first-order valence-corrected chi connectivity index (χ1v) is 4.78. The fourth-order valence-corrected chi connectivity index (χ4v) is 1.26. The monoisotopic (exact) mass is 250 g/mol. The highest BCUT2D eigenvalue weighted by molar-refractivity contribution is 5.78. The molecule has 0 aromatic heterocycles. The van der Waals surface area contributed by atoms with Crippen molar-refractivity contribution in [3.05, 3.63) is 29.1 Å².